The molecule has 0 N–H and O–H groups in total. The lowest BCUT2D eigenvalue weighted by molar-refractivity contribution is 0.589. The van der Waals surface area contributed by atoms with E-state index in [0.29, 0.717) is 0 Å². The minimum Gasteiger partial charge on any atom is -0.456 e. The summed E-state index contributed by atoms with van der Waals surface area (Å²) in [6.45, 7) is 18.5. The summed E-state index contributed by atoms with van der Waals surface area (Å²) in [6, 6.07) is 55.7. The molecule has 2 aliphatic rings. The molecule has 64 heavy (non-hydrogen) atoms. The molecule has 0 saturated carbocycles. The van der Waals surface area contributed by atoms with Gasteiger partial charge >= 0.3 is 0 Å². The Morgan fingerprint density at radius 1 is 0.500 bits per heavy atom. The molecule has 0 aliphatic carbocycles. The van der Waals surface area contributed by atoms with Crippen molar-refractivity contribution in [3.05, 3.63) is 174 Å². The van der Waals surface area contributed by atoms with E-state index < -0.39 is 0 Å². The summed E-state index contributed by atoms with van der Waals surface area (Å²) >= 11 is 1.95. The standard InChI is InChI=1S/C58H49BN2O2S/c1-34-28-41(58(6,7)8)29-35(2)54(34)61-47-17-13-16-46-53(47)59(56-55(61)43-33-40(57(3,4)5)23-27-52(43)64-56)44-30-39(51-32-38-15-10-12-19-49(38)63-51)22-26-45(44)60(46)42-24-20-36(21-25-42)50-31-37-14-9-11-18-48(37)62-50/h9-33H,1-8H3. The van der Waals surface area contributed by atoms with Crippen molar-refractivity contribution in [3.8, 4) is 22.6 Å². The summed E-state index contributed by atoms with van der Waals surface area (Å²) in [5, 5.41) is 3.51. The first-order valence-corrected chi connectivity index (χ1v) is 23.3. The number of fused-ring (bicyclic) bond motifs is 8. The zero-order chi connectivity index (χ0) is 43.8. The van der Waals surface area contributed by atoms with Crippen LogP contribution >= 0.6 is 11.3 Å². The third-order valence-electron chi connectivity index (χ3n) is 13.6. The number of benzene rings is 7. The van der Waals surface area contributed by atoms with Crippen LogP contribution in [0.4, 0.5) is 34.1 Å². The summed E-state index contributed by atoms with van der Waals surface area (Å²) < 4.78 is 15.6. The molecular weight excluding hydrogens is 800 g/mol. The van der Waals surface area contributed by atoms with Crippen LogP contribution in [0.5, 0.6) is 0 Å². The first-order valence-electron chi connectivity index (χ1n) is 22.4. The Morgan fingerprint density at radius 2 is 1.09 bits per heavy atom. The zero-order valence-electron chi connectivity index (χ0n) is 37.6. The molecule has 312 valence electrons. The largest absolute Gasteiger partial charge is 0.456 e. The first-order chi connectivity index (χ1) is 30.8. The smallest absolute Gasteiger partial charge is 0.264 e. The summed E-state index contributed by atoms with van der Waals surface area (Å²) in [5.41, 5.74) is 19.0. The van der Waals surface area contributed by atoms with Crippen LogP contribution in [0, 0.1) is 13.8 Å². The second-order valence-electron chi connectivity index (χ2n) is 19.9. The van der Waals surface area contributed by atoms with E-state index in [0.717, 1.165) is 50.3 Å². The lowest BCUT2D eigenvalue weighted by atomic mass is 9.36. The van der Waals surface area contributed by atoms with Crippen LogP contribution in [0.25, 0.3) is 54.7 Å². The third kappa shape index (κ3) is 5.95. The van der Waals surface area contributed by atoms with E-state index in [1.54, 1.807) is 0 Å². The SMILES string of the molecule is Cc1cc(C(C)(C)C)cc(C)c1N1c2cccc3c2B(c2cc(-c4cc5ccccc5o4)ccc2N3c2ccc(-c3cc4ccccc4o3)cc2)c2sc3ccc(C(C)(C)C)cc3c21. The Morgan fingerprint density at radius 3 is 1.72 bits per heavy atom. The maximum atomic E-state index is 6.58. The highest BCUT2D eigenvalue weighted by atomic mass is 32.1. The van der Waals surface area contributed by atoms with Gasteiger partial charge in [0, 0.05) is 59.5 Å². The molecule has 0 atom stereocenters. The lowest BCUT2D eigenvalue weighted by Gasteiger charge is -2.44. The van der Waals surface area contributed by atoms with Gasteiger partial charge in [0.05, 0.1) is 11.4 Å². The van der Waals surface area contributed by atoms with E-state index in [-0.39, 0.29) is 17.5 Å². The minimum atomic E-state index is -0.0206. The van der Waals surface area contributed by atoms with Gasteiger partial charge in [0.2, 0.25) is 0 Å². The molecule has 0 spiro atoms. The molecule has 0 unspecified atom stereocenters. The average molecular weight is 849 g/mol. The lowest BCUT2D eigenvalue weighted by Crippen LogP contribution is -2.60. The fraction of sp³-hybridized carbons (Fsp3) is 0.172. The Balaban J connectivity index is 1.13. The van der Waals surface area contributed by atoms with Crippen molar-refractivity contribution in [1.82, 2.24) is 0 Å². The van der Waals surface area contributed by atoms with E-state index in [4.69, 9.17) is 8.83 Å². The molecular formula is C58H49BN2O2S. The van der Waals surface area contributed by atoms with Gasteiger partial charge in [-0.25, -0.2) is 0 Å². The third-order valence-corrected chi connectivity index (χ3v) is 14.8. The molecule has 2 aliphatic heterocycles. The first kappa shape index (κ1) is 38.9. The Labute approximate surface area is 379 Å². The molecule has 10 aromatic rings. The summed E-state index contributed by atoms with van der Waals surface area (Å²) in [7, 11) is 0. The fourth-order valence-corrected chi connectivity index (χ4v) is 11.6. The molecule has 0 radical (unpaired) electrons. The van der Waals surface area contributed by atoms with Crippen molar-refractivity contribution in [2.24, 2.45) is 0 Å². The summed E-state index contributed by atoms with van der Waals surface area (Å²) in [6.07, 6.45) is 0. The van der Waals surface area contributed by atoms with Crippen molar-refractivity contribution in [1.29, 1.82) is 0 Å². The van der Waals surface area contributed by atoms with Crippen molar-refractivity contribution in [3.63, 3.8) is 0 Å². The highest BCUT2D eigenvalue weighted by Gasteiger charge is 2.46. The molecule has 0 saturated heterocycles. The van der Waals surface area contributed by atoms with Gasteiger partial charge in [0.15, 0.2) is 0 Å². The van der Waals surface area contributed by atoms with E-state index in [1.165, 1.54) is 76.5 Å². The van der Waals surface area contributed by atoms with E-state index >= 15 is 0 Å². The highest BCUT2D eigenvalue weighted by molar-refractivity contribution is 7.33. The number of nitrogens with zero attached hydrogens (tertiary/aromatic N) is 2. The van der Waals surface area contributed by atoms with Crippen LogP contribution in [0.2, 0.25) is 0 Å². The quantitative estimate of drug-likeness (QED) is 0.165. The van der Waals surface area contributed by atoms with E-state index in [2.05, 4.69) is 199 Å². The van der Waals surface area contributed by atoms with Gasteiger partial charge in [-0.1, -0.05) is 108 Å². The second kappa shape index (κ2) is 13.9. The topological polar surface area (TPSA) is 32.8 Å². The number of para-hydroxylation sites is 2. The predicted octanol–water partition coefficient (Wildman–Crippen LogP) is 15.0. The molecule has 0 fully saturated rings. The summed E-state index contributed by atoms with van der Waals surface area (Å²) in [5.74, 6) is 1.74. The van der Waals surface area contributed by atoms with Crippen molar-refractivity contribution < 1.29 is 8.83 Å². The molecule has 7 aromatic carbocycles. The number of furan rings is 2. The maximum Gasteiger partial charge on any atom is 0.264 e. The van der Waals surface area contributed by atoms with Gasteiger partial charge < -0.3 is 18.6 Å². The number of hydrogen-bond donors (Lipinski definition) is 0. The summed E-state index contributed by atoms with van der Waals surface area (Å²) in [4.78, 5) is 5.11. The predicted molar refractivity (Wildman–Crippen MR) is 273 cm³/mol. The zero-order valence-corrected chi connectivity index (χ0v) is 38.4. The van der Waals surface area contributed by atoms with Crippen LogP contribution in [0.15, 0.2) is 160 Å². The van der Waals surface area contributed by atoms with Crippen LogP contribution in [0.1, 0.15) is 63.8 Å². The monoisotopic (exact) mass is 848 g/mol. The van der Waals surface area contributed by atoms with Gasteiger partial charge in [0.25, 0.3) is 6.71 Å². The molecule has 6 heteroatoms. The number of rotatable bonds is 4. The van der Waals surface area contributed by atoms with Gasteiger partial charge in [-0.3, -0.25) is 0 Å². The highest BCUT2D eigenvalue weighted by Crippen LogP contribution is 2.50. The van der Waals surface area contributed by atoms with Gasteiger partial charge in [0.1, 0.15) is 22.7 Å². The van der Waals surface area contributed by atoms with Crippen LogP contribution < -0.4 is 25.5 Å². The fourth-order valence-electron chi connectivity index (χ4n) is 10.3. The number of hydrogen-bond acceptors (Lipinski definition) is 5. The molecule has 0 amide bonds. The van der Waals surface area contributed by atoms with Crippen molar-refractivity contribution >= 4 is 99.9 Å². The van der Waals surface area contributed by atoms with E-state index in [1.807, 2.05) is 29.5 Å². The molecule has 3 aromatic heterocycles. The van der Waals surface area contributed by atoms with Crippen molar-refractivity contribution in [2.75, 3.05) is 9.80 Å². The normalized spacial score (nSPS) is 13.5. The molecule has 5 heterocycles. The van der Waals surface area contributed by atoms with Crippen LogP contribution in [0.3, 0.4) is 0 Å². The second-order valence-corrected chi connectivity index (χ2v) is 21.0. The van der Waals surface area contributed by atoms with Gasteiger partial charge in [-0.15, -0.1) is 11.3 Å². The van der Waals surface area contributed by atoms with Gasteiger partial charge in [-0.2, -0.15) is 0 Å². The van der Waals surface area contributed by atoms with Crippen LogP contribution in [-0.2, 0) is 10.8 Å². The molecule has 0 bridgehead atoms. The molecule has 4 nitrogen and oxygen atoms in total. The van der Waals surface area contributed by atoms with Gasteiger partial charge in [-0.05, 0) is 143 Å². The Bertz CT molecular complexity index is 3430. The minimum absolute atomic E-state index is 0.00679. The molecule has 12 rings (SSSR count). The Hall–Kier alpha value is -6.76. The number of aryl methyl sites for hydroxylation is 2. The number of thiophene rings is 1. The van der Waals surface area contributed by atoms with Crippen LogP contribution in [-0.4, -0.2) is 6.71 Å². The Kier molecular flexibility index (Phi) is 8.43. The van der Waals surface area contributed by atoms with E-state index in [9.17, 15) is 0 Å². The number of anilines is 6. The van der Waals surface area contributed by atoms with Crippen molar-refractivity contribution in [2.45, 2.75) is 66.2 Å². The average Bonchev–Trinajstić information content (AvgIpc) is 4.02. The maximum absolute atomic E-state index is 6.58.